The number of hydrogen-bond acceptors (Lipinski definition) is 5. The Labute approximate surface area is 141 Å². The lowest BCUT2D eigenvalue weighted by Gasteiger charge is -2.08. The van der Waals surface area contributed by atoms with Crippen molar-refractivity contribution in [1.82, 2.24) is 0 Å². The Balaban J connectivity index is 1.85. The molecule has 2 aromatic carbocycles. The number of ether oxygens (including phenoxy) is 1. The second kappa shape index (κ2) is 4.66. The summed E-state index contributed by atoms with van der Waals surface area (Å²) in [6.07, 6.45) is 0.674. The number of hydrogen-bond donors (Lipinski definition) is 1. The smallest absolute Gasteiger partial charge is 0.348 e. The van der Waals surface area contributed by atoms with E-state index in [0.29, 0.717) is 32.9 Å². The fourth-order valence-electron chi connectivity index (χ4n) is 3.43. The number of aromatic hydroxyl groups is 1. The zero-order valence-electron chi connectivity index (χ0n) is 13.5. The van der Waals surface area contributed by atoms with Crippen molar-refractivity contribution in [3.05, 3.63) is 58.5 Å². The lowest BCUT2D eigenvalue weighted by atomic mass is 10.0. The molecule has 0 spiro atoms. The van der Waals surface area contributed by atoms with Gasteiger partial charge in [-0.05, 0) is 36.3 Å². The van der Waals surface area contributed by atoms with Crippen LogP contribution in [0.1, 0.15) is 12.5 Å². The standard InChI is InChI=1S/C20H14O5/c1-9(2)14-6-10-5-13-17(8-15(10)23-14)24-19-12-4-3-11(21)7-16(12)25-20(22)18(13)19/h3-5,7-8,14,21H,1,6H2,2H3/t14-/m0/s1. The third-order valence-corrected chi connectivity index (χ3v) is 4.71. The van der Waals surface area contributed by atoms with Gasteiger partial charge in [0.25, 0.3) is 0 Å². The second-order valence-corrected chi connectivity index (χ2v) is 6.49. The van der Waals surface area contributed by atoms with E-state index in [-0.39, 0.29) is 11.9 Å². The number of benzene rings is 2. The van der Waals surface area contributed by atoms with Crippen molar-refractivity contribution in [2.24, 2.45) is 0 Å². The average molecular weight is 334 g/mol. The first-order chi connectivity index (χ1) is 12.0. The molecule has 0 aliphatic carbocycles. The van der Waals surface area contributed by atoms with E-state index in [1.807, 2.05) is 19.1 Å². The molecule has 0 radical (unpaired) electrons. The Morgan fingerprint density at radius 1 is 1.16 bits per heavy atom. The fraction of sp³-hybridized carbons (Fsp3) is 0.150. The normalized spacial score (nSPS) is 16.4. The fourth-order valence-corrected chi connectivity index (χ4v) is 3.43. The van der Waals surface area contributed by atoms with Crippen LogP contribution in [0.25, 0.3) is 32.9 Å². The third-order valence-electron chi connectivity index (χ3n) is 4.71. The van der Waals surface area contributed by atoms with Crippen LogP contribution in [0.3, 0.4) is 0 Å². The molecule has 3 heterocycles. The summed E-state index contributed by atoms with van der Waals surface area (Å²) in [5.41, 5.74) is 2.83. The van der Waals surface area contributed by atoms with Gasteiger partial charge in [-0.2, -0.15) is 0 Å². The molecule has 0 amide bonds. The highest BCUT2D eigenvalue weighted by atomic mass is 16.5. The minimum atomic E-state index is -0.484. The average Bonchev–Trinajstić information content (AvgIpc) is 3.13. The monoisotopic (exact) mass is 334 g/mol. The van der Waals surface area contributed by atoms with E-state index in [0.717, 1.165) is 23.3 Å². The molecule has 124 valence electrons. The Bertz CT molecular complexity index is 1260. The van der Waals surface area contributed by atoms with Gasteiger partial charge in [0.15, 0.2) is 5.58 Å². The quantitative estimate of drug-likeness (QED) is 0.415. The predicted molar refractivity (Wildman–Crippen MR) is 94.4 cm³/mol. The number of furan rings is 1. The van der Waals surface area contributed by atoms with Gasteiger partial charge < -0.3 is 18.7 Å². The maximum atomic E-state index is 12.5. The summed E-state index contributed by atoms with van der Waals surface area (Å²) in [4.78, 5) is 12.5. The first-order valence-electron chi connectivity index (χ1n) is 7.98. The molecular weight excluding hydrogens is 320 g/mol. The molecule has 5 heteroatoms. The molecular formula is C20H14O5. The molecule has 0 fully saturated rings. The first kappa shape index (κ1) is 14.2. The summed E-state index contributed by atoms with van der Waals surface area (Å²) in [5, 5.41) is 11.4. The van der Waals surface area contributed by atoms with Gasteiger partial charge in [0.2, 0.25) is 0 Å². The van der Waals surface area contributed by atoms with E-state index in [1.54, 1.807) is 6.07 Å². The summed E-state index contributed by atoms with van der Waals surface area (Å²) in [7, 11) is 0. The van der Waals surface area contributed by atoms with Gasteiger partial charge in [-0.25, -0.2) is 4.79 Å². The highest BCUT2D eigenvalue weighted by Gasteiger charge is 2.26. The van der Waals surface area contributed by atoms with E-state index in [2.05, 4.69) is 6.58 Å². The van der Waals surface area contributed by atoms with Crippen molar-refractivity contribution in [3.63, 3.8) is 0 Å². The Morgan fingerprint density at radius 3 is 2.76 bits per heavy atom. The van der Waals surface area contributed by atoms with Crippen molar-refractivity contribution in [2.45, 2.75) is 19.4 Å². The summed E-state index contributed by atoms with van der Waals surface area (Å²) >= 11 is 0. The molecule has 1 aliphatic heterocycles. The maximum Gasteiger partial charge on any atom is 0.348 e. The molecule has 4 aromatic rings. The van der Waals surface area contributed by atoms with Crippen molar-refractivity contribution < 1.29 is 18.7 Å². The molecule has 5 rings (SSSR count). The Kier molecular flexibility index (Phi) is 2.64. The van der Waals surface area contributed by atoms with Gasteiger partial charge in [0, 0.05) is 23.9 Å². The van der Waals surface area contributed by atoms with Crippen LogP contribution in [0.2, 0.25) is 0 Å². The Morgan fingerprint density at radius 2 is 1.96 bits per heavy atom. The van der Waals surface area contributed by atoms with Gasteiger partial charge in [0.05, 0.1) is 5.39 Å². The topological polar surface area (TPSA) is 72.8 Å². The zero-order valence-corrected chi connectivity index (χ0v) is 13.5. The molecule has 0 saturated heterocycles. The molecule has 2 aromatic heterocycles. The molecule has 25 heavy (non-hydrogen) atoms. The molecule has 5 nitrogen and oxygen atoms in total. The van der Waals surface area contributed by atoms with Crippen LogP contribution in [0.5, 0.6) is 11.5 Å². The van der Waals surface area contributed by atoms with E-state index >= 15 is 0 Å². The third kappa shape index (κ3) is 1.92. The van der Waals surface area contributed by atoms with Gasteiger partial charge in [0.1, 0.15) is 34.2 Å². The summed E-state index contributed by atoms with van der Waals surface area (Å²) in [6, 6.07) is 8.38. The van der Waals surface area contributed by atoms with Crippen LogP contribution in [-0.2, 0) is 6.42 Å². The highest BCUT2D eigenvalue weighted by Crippen LogP contribution is 2.39. The van der Waals surface area contributed by atoms with Crippen LogP contribution >= 0.6 is 0 Å². The molecule has 0 bridgehead atoms. The number of phenolic OH excluding ortho intramolecular Hbond substituents is 1. The largest absolute Gasteiger partial charge is 0.508 e. The second-order valence-electron chi connectivity index (χ2n) is 6.49. The summed E-state index contributed by atoms with van der Waals surface area (Å²) < 4.78 is 17.3. The Hall–Kier alpha value is -3.21. The maximum absolute atomic E-state index is 12.5. The number of rotatable bonds is 1. The van der Waals surface area contributed by atoms with Gasteiger partial charge in [-0.3, -0.25) is 0 Å². The highest BCUT2D eigenvalue weighted by molar-refractivity contribution is 6.13. The van der Waals surface area contributed by atoms with Crippen molar-refractivity contribution in [2.75, 3.05) is 0 Å². The van der Waals surface area contributed by atoms with E-state index in [9.17, 15) is 9.90 Å². The molecule has 1 atom stereocenters. The van der Waals surface area contributed by atoms with E-state index in [4.69, 9.17) is 13.6 Å². The van der Waals surface area contributed by atoms with Gasteiger partial charge in [-0.15, -0.1) is 0 Å². The molecule has 0 unspecified atom stereocenters. The van der Waals surface area contributed by atoms with Crippen molar-refractivity contribution in [3.8, 4) is 11.5 Å². The van der Waals surface area contributed by atoms with Crippen LogP contribution in [0.15, 0.2) is 56.1 Å². The lowest BCUT2D eigenvalue weighted by molar-refractivity contribution is 0.271. The summed E-state index contributed by atoms with van der Waals surface area (Å²) in [6.45, 7) is 5.89. The predicted octanol–water partition coefficient (Wildman–Crippen LogP) is 4.28. The van der Waals surface area contributed by atoms with Crippen molar-refractivity contribution in [1.29, 1.82) is 0 Å². The number of phenols is 1. The minimum absolute atomic E-state index is 0.0318. The first-order valence-corrected chi connectivity index (χ1v) is 7.98. The van der Waals surface area contributed by atoms with E-state index < -0.39 is 5.63 Å². The lowest BCUT2D eigenvalue weighted by Crippen LogP contribution is -2.13. The summed E-state index contributed by atoms with van der Waals surface area (Å²) in [5.74, 6) is 0.787. The van der Waals surface area contributed by atoms with Crippen LogP contribution in [0.4, 0.5) is 0 Å². The SMILES string of the molecule is C=C(C)[C@@H]1Cc2cc3c(cc2O1)oc1c2ccc(O)cc2oc(=O)c31. The zero-order chi connectivity index (χ0) is 17.3. The number of fused-ring (bicyclic) bond motifs is 6. The van der Waals surface area contributed by atoms with Crippen molar-refractivity contribution >= 4 is 32.9 Å². The molecule has 1 aliphatic rings. The molecule has 1 N–H and O–H groups in total. The van der Waals surface area contributed by atoms with Crippen LogP contribution in [0, 0.1) is 0 Å². The van der Waals surface area contributed by atoms with E-state index in [1.165, 1.54) is 12.1 Å². The van der Waals surface area contributed by atoms with Crippen LogP contribution < -0.4 is 10.4 Å². The van der Waals surface area contributed by atoms with Crippen LogP contribution in [-0.4, -0.2) is 11.2 Å². The van der Waals surface area contributed by atoms with Gasteiger partial charge >= 0.3 is 5.63 Å². The van der Waals surface area contributed by atoms with Gasteiger partial charge in [-0.1, -0.05) is 6.58 Å². The molecule has 0 saturated carbocycles. The minimum Gasteiger partial charge on any atom is -0.508 e.